The number of nitrogens with zero attached hydrogens (tertiary/aromatic N) is 1. The molecule has 1 aromatic carbocycles. The first-order valence-corrected chi connectivity index (χ1v) is 6.65. The Morgan fingerprint density at radius 3 is 2.21 bits per heavy atom. The molecular formula is C11H8Br2F2N4. The highest BCUT2D eigenvalue weighted by Gasteiger charge is 2.13. The van der Waals surface area contributed by atoms with Crippen molar-refractivity contribution in [3.05, 3.63) is 44.8 Å². The van der Waals surface area contributed by atoms with E-state index in [1.807, 2.05) is 0 Å². The largest absolute Gasteiger partial charge is 0.336 e. The molecule has 0 aliphatic rings. The van der Waals surface area contributed by atoms with Crippen LogP contribution in [0.1, 0.15) is 0 Å². The van der Waals surface area contributed by atoms with E-state index in [2.05, 4.69) is 47.6 Å². The molecule has 0 aliphatic carbocycles. The van der Waals surface area contributed by atoms with Crippen LogP contribution in [0.4, 0.5) is 26.1 Å². The lowest BCUT2D eigenvalue weighted by atomic mass is 10.3. The molecule has 0 atom stereocenters. The second-order valence-electron chi connectivity index (χ2n) is 3.52. The Hall–Kier alpha value is -1.25. The smallest absolute Gasteiger partial charge is 0.178 e. The number of halogens is 4. The number of aromatic nitrogens is 1. The van der Waals surface area contributed by atoms with Crippen LogP contribution in [-0.2, 0) is 0 Å². The van der Waals surface area contributed by atoms with Crippen LogP contribution in [0.25, 0.3) is 0 Å². The Labute approximate surface area is 124 Å². The molecule has 100 valence electrons. The molecule has 0 saturated carbocycles. The summed E-state index contributed by atoms with van der Waals surface area (Å²) in [5.41, 5.74) is 2.63. The fourth-order valence-corrected chi connectivity index (χ4v) is 2.59. The summed E-state index contributed by atoms with van der Waals surface area (Å²) in [5, 5.41) is 2.77. The molecule has 1 aromatic heterocycles. The minimum Gasteiger partial charge on any atom is -0.336 e. The lowest BCUT2D eigenvalue weighted by Gasteiger charge is -2.12. The zero-order chi connectivity index (χ0) is 14.0. The van der Waals surface area contributed by atoms with Gasteiger partial charge < -0.3 is 10.7 Å². The number of nitrogens with one attached hydrogen (secondary N) is 2. The van der Waals surface area contributed by atoms with Crippen molar-refractivity contribution < 1.29 is 8.78 Å². The molecule has 0 aliphatic heterocycles. The second kappa shape index (κ2) is 5.81. The number of pyridine rings is 1. The highest BCUT2D eigenvalue weighted by Crippen LogP contribution is 2.33. The lowest BCUT2D eigenvalue weighted by molar-refractivity contribution is 0.579. The molecule has 0 spiro atoms. The summed E-state index contributed by atoms with van der Waals surface area (Å²) in [6.07, 6.45) is 0. The molecule has 0 unspecified atom stereocenters. The first-order valence-electron chi connectivity index (χ1n) is 5.06. The minimum atomic E-state index is -0.864. The molecule has 2 rings (SSSR count). The summed E-state index contributed by atoms with van der Waals surface area (Å²) >= 11 is 6.64. The normalized spacial score (nSPS) is 10.4. The van der Waals surface area contributed by atoms with Crippen LogP contribution in [0.5, 0.6) is 0 Å². The first-order chi connectivity index (χ1) is 9.02. The average molecular weight is 394 g/mol. The monoisotopic (exact) mass is 392 g/mol. The zero-order valence-corrected chi connectivity index (χ0v) is 12.5. The van der Waals surface area contributed by atoms with Gasteiger partial charge in [0.05, 0.1) is 5.69 Å². The van der Waals surface area contributed by atoms with Crippen molar-refractivity contribution in [3.8, 4) is 0 Å². The van der Waals surface area contributed by atoms with Gasteiger partial charge >= 0.3 is 0 Å². The van der Waals surface area contributed by atoms with Crippen LogP contribution >= 0.6 is 31.9 Å². The molecule has 0 amide bonds. The number of nitrogens with two attached hydrogens (primary N) is 1. The van der Waals surface area contributed by atoms with Gasteiger partial charge in [0, 0.05) is 15.0 Å². The molecule has 0 radical (unpaired) electrons. The number of hydrazine groups is 1. The van der Waals surface area contributed by atoms with E-state index in [0.717, 1.165) is 0 Å². The average Bonchev–Trinajstić information content (AvgIpc) is 2.36. The number of anilines is 3. The van der Waals surface area contributed by atoms with Crippen LogP contribution in [0.2, 0.25) is 0 Å². The molecule has 1 heterocycles. The van der Waals surface area contributed by atoms with Crippen molar-refractivity contribution in [2.24, 2.45) is 5.84 Å². The van der Waals surface area contributed by atoms with E-state index in [0.29, 0.717) is 20.7 Å². The van der Waals surface area contributed by atoms with Gasteiger partial charge in [0.25, 0.3) is 0 Å². The zero-order valence-electron chi connectivity index (χ0n) is 9.35. The van der Waals surface area contributed by atoms with Crippen LogP contribution < -0.4 is 16.6 Å². The van der Waals surface area contributed by atoms with Crippen LogP contribution in [0, 0.1) is 11.6 Å². The van der Waals surface area contributed by atoms with Crippen LogP contribution in [-0.4, -0.2) is 4.98 Å². The maximum atomic E-state index is 13.7. The molecule has 4 N–H and O–H groups in total. The number of nitrogen functional groups attached to an aromatic ring is 1. The third kappa shape index (κ3) is 3.02. The summed E-state index contributed by atoms with van der Waals surface area (Å²) in [4.78, 5) is 3.73. The molecule has 0 saturated heterocycles. The SMILES string of the molecule is NNc1nc(Nc2c(Br)cccc2Br)c(F)cc1F. The number of hydrogen-bond donors (Lipinski definition) is 3. The van der Waals surface area contributed by atoms with Gasteiger partial charge in [0.2, 0.25) is 0 Å². The van der Waals surface area contributed by atoms with Crippen LogP contribution in [0.3, 0.4) is 0 Å². The maximum Gasteiger partial charge on any atom is 0.178 e. The second-order valence-corrected chi connectivity index (χ2v) is 5.22. The molecular weight excluding hydrogens is 386 g/mol. The number of benzene rings is 1. The number of rotatable bonds is 3. The van der Waals surface area contributed by atoms with Crippen LogP contribution in [0.15, 0.2) is 33.2 Å². The molecule has 19 heavy (non-hydrogen) atoms. The number of hydrogen-bond acceptors (Lipinski definition) is 4. The van der Waals surface area contributed by atoms with Crippen molar-refractivity contribution >= 4 is 49.2 Å². The van der Waals surface area contributed by atoms with E-state index in [1.165, 1.54) is 0 Å². The van der Waals surface area contributed by atoms with Gasteiger partial charge in [-0.2, -0.15) is 0 Å². The summed E-state index contributed by atoms with van der Waals surface area (Å²) < 4.78 is 28.3. The quantitative estimate of drug-likeness (QED) is 0.546. The molecule has 0 fully saturated rings. The summed E-state index contributed by atoms with van der Waals surface area (Å²) in [7, 11) is 0. The lowest BCUT2D eigenvalue weighted by Crippen LogP contribution is -2.12. The minimum absolute atomic E-state index is 0.137. The fraction of sp³-hybridized carbons (Fsp3) is 0. The Morgan fingerprint density at radius 1 is 1.05 bits per heavy atom. The van der Waals surface area contributed by atoms with Gasteiger partial charge in [-0.1, -0.05) is 6.07 Å². The molecule has 2 aromatic rings. The van der Waals surface area contributed by atoms with E-state index in [4.69, 9.17) is 5.84 Å². The van der Waals surface area contributed by atoms with E-state index >= 15 is 0 Å². The predicted octanol–water partition coefficient (Wildman–Crippen LogP) is 3.91. The number of para-hydroxylation sites is 1. The van der Waals surface area contributed by atoms with Gasteiger partial charge in [-0.05, 0) is 44.0 Å². The summed E-state index contributed by atoms with van der Waals surface area (Å²) in [6, 6.07) is 6.06. The molecule has 8 heteroatoms. The summed E-state index contributed by atoms with van der Waals surface area (Å²) in [5.74, 6) is 3.04. The standard InChI is InChI=1S/C11H8Br2F2N4/c12-5-2-1-3-6(13)9(5)17-10-7(14)4-8(15)11(18-10)19-16/h1-4H,16H2,(H2,17,18,19). The van der Waals surface area contributed by atoms with Crippen molar-refractivity contribution in [2.75, 3.05) is 10.7 Å². The third-order valence-electron chi connectivity index (χ3n) is 2.27. The maximum absolute atomic E-state index is 13.7. The molecule has 4 nitrogen and oxygen atoms in total. The highest BCUT2D eigenvalue weighted by atomic mass is 79.9. The van der Waals surface area contributed by atoms with Crippen molar-refractivity contribution in [3.63, 3.8) is 0 Å². The van der Waals surface area contributed by atoms with Crippen molar-refractivity contribution in [2.45, 2.75) is 0 Å². The van der Waals surface area contributed by atoms with Gasteiger partial charge in [-0.3, -0.25) is 0 Å². The highest BCUT2D eigenvalue weighted by molar-refractivity contribution is 9.11. The Kier molecular flexibility index (Phi) is 4.33. The predicted molar refractivity (Wildman–Crippen MR) is 77.1 cm³/mol. The Balaban J connectivity index is 2.44. The third-order valence-corrected chi connectivity index (χ3v) is 3.59. The Bertz CT molecular complexity index is 602. The fourth-order valence-electron chi connectivity index (χ4n) is 1.39. The van der Waals surface area contributed by atoms with E-state index < -0.39 is 11.6 Å². The van der Waals surface area contributed by atoms with E-state index in [1.54, 1.807) is 18.2 Å². The van der Waals surface area contributed by atoms with E-state index in [9.17, 15) is 8.78 Å². The van der Waals surface area contributed by atoms with Gasteiger partial charge in [0.15, 0.2) is 23.3 Å². The van der Waals surface area contributed by atoms with Gasteiger partial charge in [-0.15, -0.1) is 0 Å². The topological polar surface area (TPSA) is 63.0 Å². The van der Waals surface area contributed by atoms with Crippen molar-refractivity contribution in [1.82, 2.24) is 4.98 Å². The summed E-state index contributed by atoms with van der Waals surface area (Å²) in [6.45, 7) is 0. The first kappa shape index (κ1) is 14.2. The van der Waals surface area contributed by atoms with Crippen molar-refractivity contribution in [1.29, 1.82) is 0 Å². The Morgan fingerprint density at radius 2 is 1.63 bits per heavy atom. The van der Waals surface area contributed by atoms with Gasteiger partial charge in [0.1, 0.15) is 0 Å². The van der Waals surface area contributed by atoms with E-state index in [-0.39, 0.29) is 11.6 Å². The van der Waals surface area contributed by atoms with Gasteiger partial charge in [-0.25, -0.2) is 19.6 Å². The molecule has 0 bridgehead atoms.